The Morgan fingerprint density at radius 1 is 1.28 bits per heavy atom. The van der Waals surface area contributed by atoms with Gasteiger partial charge in [0.15, 0.2) is 5.82 Å². The van der Waals surface area contributed by atoms with Gasteiger partial charge >= 0.3 is 0 Å². The number of aromatic nitrogens is 2. The van der Waals surface area contributed by atoms with Crippen molar-refractivity contribution < 1.29 is 9.32 Å². The van der Waals surface area contributed by atoms with Gasteiger partial charge in [0.2, 0.25) is 11.8 Å². The van der Waals surface area contributed by atoms with Crippen LogP contribution in [0.25, 0.3) is 0 Å². The van der Waals surface area contributed by atoms with Gasteiger partial charge in [0.05, 0.1) is 12.0 Å². The van der Waals surface area contributed by atoms with E-state index < -0.39 is 0 Å². The van der Waals surface area contributed by atoms with E-state index in [-0.39, 0.29) is 23.3 Å². The van der Waals surface area contributed by atoms with Crippen LogP contribution in [0.2, 0.25) is 0 Å². The maximum Gasteiger partial charge on any atom is 0.230 e. The van der Waals surface area contributed by atoms with Crippen LogP contribution in [-0.2, 0) is 10.2 Å². The Bertz CT molecular complexity index is 796. The fourth-order valence-corrected chi connectivity index (χ4v) is 4.42. The van der Waals surface area contributed by atoms with Gasteiger partial charge in [0, 0.05) is 13.5 Å². The molecule has 2 aliphatic rings. The Labute approximate surface area is 148 Å². The lowest BCUT2D eigenvalue weighted by Gasteiger charge is -2.38. The minimum absolute atomic E-state index is 0.0490. The standard InChI is InChI=1S/C20H25N3O2/c1-13-21-18(22-25-13)17-9-6-12-23(17)19(24)15-10-11-20(2,3)16-8-5-4-7-14(15)16/h4-5,7-8,15,17H,6,9-12H2,1-3H3/t15-,17+/m1/s1. The molecule has 1 aliphatic heterocycles. The first kappa shape index (κ1) is 16.3. The third-order valence-corrected chi connectivity index (χ3v) is 5.80. The van der Waals surface area contributed by atoms with Crippen LogP contribution in [-0.4, -0.2) is 27.5 Å². The molecule has 5 heteroatoms. The number of rotatable bonds is 2. The van der Waals surface area contributed by atoms with E-state index in [4.69, 9.17) is 4.52 Å². The number of likely N-dealkylation sites (tertiary alicyclic amines) is 1. The number of hydrogen-bond acceptors (Lipinski definition) is 4. The zero-order chi connectivity index (χ0) is 17.6. The van der Waals surface area contributed by atoms with Gasteiger partial charge in [0.1, 0.15) is 0 Å². The van der Waals surface area contributed by atoms with Crippen LogP contribution >= 0.6 is 0 Å². The van der Waals surface area contributed by atoms with Crippen molar-refractivity contribution in [2.24, 2.45) is 0 Å². The highest BCUT2D eigenvalue weighted by Gasteiger charge is 2.41. The maximum atomic E-state index is 13.4. The first-order valence-electron chi connectivity index (χ1n) is 9.17. The largest absolute Gasteiger partial charge is 0.340 e. The Balaban J connectivity index is 1.65. The van der Waals surface area contributed by atoms with Crippen LogP contribution in [0.3, 0.4) is 0 Å². The normalized spacial score (nSPS) is 25.0. The molecule has 1 amide bonds. The molecule has 0 saturated carbocycles. The number of aryl methyl sites for hydroxylation is 1. The van der Waals surface area contributed by atoms with Crippen LogP contribution in [0.15, 0.2) is 28.8 Å². The molecule has 0 spiro atoms. The Morgan fingerprint density at radius 3 is 2.84 bits per heavy atom. The first-order valence-corrected chi connectivity index (χ1v) is 9.17. The van der Waals surface area contributed by atoms with Gasteiger partial charge in [-0.15, -0.1) is 0 Å². The zero-order valence-corrected chi connectivity index (χ0v) is 15.2. The number of hydrogen-bond donors (Lipinski definition) is 0. The first-order chi connectivity index (χ1) is 12.0. The SMILES string of the molecule is Cc1nc([C@@H]2CCCN2C(=O)[C@@H]2CCC(C)(C)c3ccccc32)no1. The maximum absolute atomic E-state index is 13.4. The average Bonchev–Trinajstić information content (AvgIpc) is 3.23. The van der Waals surface area contributed by atoms with E-state index in [0.29, 0.717) is 11.7 Å². The summed E-state index contributed by atoms with van der Waals surface area (Å²) in [7, 11) is 0. The van der Waals surface area contributed by atoms with Crippen LogP contribution in [0.4, 0.5) is 0 Å². The summed E-state index contributed by atoms with van der Waals surface area (Å²) >= 11 is 0. The molecule has 2 heterocycles. The average molecular weight is 339 g/mol. The lowest BCUT2D eigenvalue weighted by Crippen LogP contribution is -2.38. The fourth-order valence-electron chi connectivity index (χ4n) is 4.42. The topological polar surface area (TPSA) is 59.2 Å². The molecule has 132 valence electrons. The van der Waals surface area contributed by atoms with Gasteiger partial charge in [-0.3, -0.25) is 4.79 Å². The molecule has 0 N–H and O–H groups in total. The smallest absolute Gasteiger partial charge is 0.230 e. The van der Waals surface area contributed by atoms with E-state index in [1.165, 1.54) is 11.1 Å². The van der Waals surface area contributed by atoms with Crippen molar-refractivity contribution >= 4 is 5.91 Å². The zero-order valence-electron chi connectivity index (χ0n) is 15.2. The molecular weight excluding hydrogens is 314 g/mol. The predicted octanol–water partition coefficient (Wildman–Crippen LogP) is 3.90. The highest BCUT2D eigenvalue weighted by atomic mass is 16.5. The number of nitrogens with zero attached hydrogens (tertiary/aromatic N) is 3. The molecule has 4 rings (SSSR count). The Kier molecular flexibility index (Phi) is 3.89. The van der Waals surface area contributed by atoms with Crippen LogP contribution in [0.1, 0.15) is 74.3 Å². The lowest BCUT2D eigenvalue weighted by atomic mass is 9.68. The van der Waals surface area contributed by atoms with Crippen LogP contribution < -0.4 is 0 Å². The second-order valence-corrected chi connectivity index (χ2v) is 7.92. The summed E-state index contributed by atoms with van der Waals surface area (Å²) in [5, 5.41) is 4.06. The number of amides is 1. The van der Waals surface area contributed by atoms with Crippen LogP contribution in [0, 0.1) is 6.92 Å². The molecule has 5 nitrogen and oxygen atoms in total. The van der Waals surface area contributed by atoms with Crippen molar-refractivity contribution in [1.82, 2.24) is 15.0 Å². The van der Waals surface area contributed by atoms with Gasteiger partial charge in [-0.05, 0) is 42.2 Å². The third kappa shape index (κ3) is 2.75. The van der Waals surface area contributed by atoms with Gasteiger partial charge in [-0.2, -0.15) is 4.98 Å². The molecule has 2 atom stereocenters. The van der Waals surface area contributed by atoms with Crippen molar-refractivity contribution in [3.8, 4) is 0 Å². The second-order valence-electron chi connectivity index (χ2n) is 7.92. The molecule has 1 aromatic heterocycles. The summed E-state index contributed by atoms with van der Waals surface area (Å²) in [6, 6.07) is 8.38. The summed E-state index contributed by atoms with van der Waals surface area (Å²) < 4.78 is 5.13. The van der Waals surface area contributed by atoms with Crippen molar-refractivity contribution in [2.75, 3.05) is 6.54 Å². The van der Waals surface area contributed by atoms with Crippen molar-refractivity contribution in [3.63, 3.8) is 0 Å². The summed E-state index contributed by atoms with van der Waals surface area (Å²) in [5.74, 6) is 1.36. The van der Waals surface area contributed by atoms with Gasteiger partial charge in [-0.25, -0.2) is 0 Å². The molecular formula is C20H25N3O2. The van der Waals surface area contributed by atoms with Crippen molar-refractivity contribution in [3.05, 3.63) is 47.1 Å². The van der Waals surface area contributed by atoms with E-state index in [9.17, 15) is 4.79 Å². The van der Waals surface area contributed by atoms with Gasteiger partial charge in [0.25, 0.3) is 0 Å². The molecule has 1 fully saturated rings. The summed E-state index contributed by atoms with van der Waals surface area (Å²) in [6.45, 7) is 7.11. The van der Waals surface area contributed by atoms with E-state index in [2.05, 4.69) is 42.2 Å². The number of carbonyl (C=O) groups excluding carboxylic acids is 1. The van der Waals surface area contributed by atoms with Gasteiger partial charge < -0.3 is 9.42 Å². The number of benzene rings is 1. The summed E-state index contributed by atoms with van der Waals surface area (Å²) in [5.41, 5.74) is 2.63. The number of fused-ring (bicyclic) bond motifs is 1. The van der Waals surface area contributed by atoms with Crippen molar-refractivity contribution in [2.45, 2.75) is 63.8 Å². The molecule has 25 heavy (non-hydrogen) atoms. The van der Waals surface area contributed by atoms with E-state index in [1.807, 2.05) is 11.0 Å². The van der Waals surface area contributed by atoms with E-state index >= 15 is 0 Å². The molecule has 0 radical (unpaired) electrons. The summed E-state index contributed by atoms with van der Waals surface area (Å²) in [4.78, 5) is 19.7. The predicted molar refractivity (Wildman–Crippen MR) is 94.2 cm³/mol. The van der Waals surface area contributed by atoms with Gasteiger partial charge in [-0.1, -0.05) is 43.3 Å². The summed E-state index contributed by atoms with van der Waals surface area (Å²) in [6.07, 6.45) is 3.83. The molecule has 0 bridgehead atoms. The molecule has 1 aromatic carbocycles. The van der Waals surface area contributed by atoms with E-state index in [1.54, 1.807) is 6.92 Å². The highest BCUT2D eigenvalue weighted by Crippen LogP contribution is 2.44. The molecule has 2 aromatic rings. The molecule has 1 saturated heterocycles. The van der Waals surface area contributed by atoms with Crippen molar-refractivity contribution in [1.29, 1.82) is 0 Å². The highest BCUT2D eigenvalue weighted by molar-refractivity contribution is 5.85. The Hall–Kier alpha value is -2.17. The second kappa shape index (κ2) is 5.97. The van der Waals surface area contributed by atoms with Crippen LogP contribution in [0.5, 0.6) is 0 Å². The lowest BCUT2D eigenvalue weighted by molar-refractivity contribution is -0.134. The monoisotopic (exact) mass is 339 g/mol. The van der Waals surface area contributed by atoms with E-state index in [0.717, 1.165) is 32.2 Å². The molecule has 1 aliphatic carbocycles. The quantitative estimate of drug-likeness (QED) is 0.833. The Morgan fingerprint density at radius 2 is 2.08 bits per heavy atom. The minimum Gasteiger partial charge on any atom is -0.340 e. The minimum atomic E-state index is -0.0576. The fraction of sp³-hybridized carbons (Fsp3) is 0.550. The third-order valence-electron chi connectivity index (χ3n) is 5.80. The number of carbonyl (C=O) groups is 1. The molecule has 0 unspecified atom stereocenters.